The Morgan fingerprint density at radius 1 is 1.21 bits per heavy atom. The Bertz CT molecular complexity index is 637. The van der Waals surface area contributed by atoms with E-state index in [1.807, 2.05) is 26.8 Å². The molecule has 162 valence electrons. The molecule has 2 aliphatic rings. The molecule has 1 saturated carbocycles. The molecule has 0 bridgehead atoms. The van der Waals surface area contributed by atoms with Crippen LogP contribution in [0.15, 0.2) is 30.3 Å². The minimum atomic E-state index is -0.497. The van der Waals surface area contributed by atoms with Gasteiger partial charge >= 0.3 is 6.09 Å². The van der Waals surface area contributed by atoms with E-state index in [9.17, 15) is 4.79 Å². The van der Waals surface area contributed by atoms with E-state index in [1.165, 1.54) is 37.7 Å². The number of alkyl carbamates (subject to hydrolysis) is 1. The van der Waals surface area contributed by atoms with Gasteiger partial charge in [-0.3, -0.25) is 4.84 Å². The van der Waals surface area contributed by atoms with E-state index in [0.29, 0.717) is 12.0 Å². The summed E-state index contributed by atoms with van der Waals surface area (Å²) >= 11 is 0. The second kappa shape index (κ2) is 9.94. The lowest BCUT2D eigenvalue weighted by atomic mass is 9.83. The highest BCUT2D eigenvalue weighted by Gasteiger charge is 2.38. The molecule has 5 nitrogen and oxygen atoms in total. The quantitative estimate of drug-likeness (QED) is 0.688. The predicted molar refractivity (Wildman–Crippen MR) is 115 cm³/mol. The number of amides is 1. The van der Waals surface area contributed by atoms with Crippen molar-refractivity contribution < 1.29 is 14.4 Å². The van der Waals surface area contributed by atoms with Crippen molar-refractivity contribution in [1.82, 2.24) is 10.4 Å². The van der Waals surface area contributed by atoms with Crippen LogP contribution in [0.2, 0.25) is 0 Å². The van der Waals surface area contributed by atoms with Gasteiger partial charge < -0.3 is 10.1 Å². The zero-order valence-corrected chi connectivity index (χ0v) is 18.5. The summed E-state index contributed by atoms with van der Waals surface area (Å²) in [7, 11) is 0. The summed E-state index contributed by atoms with van der Waals surface area (Å²) in [5.74, 6) is 0.658. The maximum absolute atomic E-state index is 12.5. The lowest BCUT2D eigenvalue weighted by molar-refractivity contribution is -0.174. The molecule has 0 radical (unpaired) electrons. The standard InChI is InChI=1S/C24H38N2O3/c1-18-15-22(29-26(18)17-20-13-9-6-10-14-20)21(16-19-11-7-5-8-12-19)25-23(27)28-24(2,3)4/h6,9-10,13-14,18-19,21-22H,5,7-8,11-12,15-17H2,1-4H3,(H,25,27). The van der Waals surface area contributed by atoms with Gasteiger partial charge in [-0.05, 0) is 52.0 Å². The Kier molecular flexibility index (Phi) is 7.58. The first-order valence-corrected chi connectivity index (χ1v) is 11.3. The number of hydrogen-bond donors (Lipinski definition) is 1. The molecule has 1 aliphatic carbocycles. The van der Waals surface area contributed by atoms with Gasteiger partial charge in [0, 0.05) is 12.6 Å². The third-order valence-electron chi connectivity index (χ3n) is 5.98. The molecule has 0 spiro atoms. The van der Waals surface area contributed by atoms with E-state index >= 15 is 0 Å². The van der Waals surface area contributed by atoms with Crippen molar-refractivity contribution in [3.05, 3.63) is 35.9 Å². The minimum Gasteiger partial charge on any atom is -0.444 e. The van der Waals surface area contributed by atoms with Crippen molar-refractivity contribution in [1.29, 1.82) is 0 Å². The van der Waals surface area contributed by atoms with Crippen molar-refractivity contribution in [3.63, 3.8) is 0 Å². The summed E-state index contributed by atoms with van der Waals surface area (Å²) in [6.07, 6.45) is 7.97. The van der Waals surface area contributed by atoms with Gasteiger partial charge in [-0.2, -0.15) is 5.06 Å². The SMILES string of the molecule is CC1CC(C(CC2CCCCC2)NC(=O)OC(C)(C)C)ON1Cc1ccccc1. The van der Waals surface area contributed by atoms with Crippen LogP contribution in [0.25, 0.3) is 0 Å². The van der Waals surface area contributed by atoms with Gasteiger partial charge in [0.25, 0.3) is 0 Å². The molecule has 1 N–H and O–H groups in total. The third-order valence-corrected chi connectivity index (χ3v) is 5.98. The molecule has 1 aliphatic heterocycles. The van der Waals surface area contributed by atoms with Crippen molar-refractivity contribution >= 4 is 6.09 Å². The summed E-state index contributed by atoms with van der Waals surface area (Å²) in [6.45, 7) is 8.67. The summed E-state index contributed by atoms with van der Waals surface area (Å²) < 4.78 is 5.55. The minimum absolute atomic E-state index is 0.0110. The number of carbonyl (C=O) groups excluding carboxylic acids is 1. The van der Waals surface area contributed by atoms with Crippen molar-refractivity contribution in [3.8, 4) is 0 Å². The first kappa shape index (κ1) is 22.1. The Hall–Kier alpha value is -1.59. The highest BCUT2D eigenvalue weighted by Crippen LogP contribution is 2.32. The third kappa shape index (κ3) is 7.00. The first-order chi connectivity index (χ1) is 13.8. The highest BCUT2D eigenvalue weighted by molar-refractivity contribution is 5.68. The molecule has 3 unspecified atom stereocenters. The fourth-order valence-corrected chi connectivity index (χ4v) is 4.51. The number of hydrogen-bond acceptors (Lipinski definition) is 4. The van der Waals surface area contributed by atoms with Gasteiger partial charge in [-0.1, -0.05) is 62.4 Å². The van der Waals surface area contributed by atoms with Crippen LogP contribution in [0, 0.1) is 5.92 Å². The summed E-state index contributed by atoms with van der Waals surface area (Å²) in [5, 5.41) is 5.23. The van der Waals surface area contributed by atoms with Gasteiger partial charge in [0.15, 0.2) is 0 Å². The van der Waals surface area contributed by atoms with E-state index in [4.69, 9.17) is 9.57 Å². The molecule has 0 aromatic heterocycles. The van der Waals surface area contributed by atoms with Gasteiger partial charge in [0.1, 0.15) is 11.7 Å². The van der Waals surface area contributed by atoms with Crippen LogP contribution in [-0.2, 0) is 16.1 Å². The second-order valence-corrected chi connectivity index (χ2v) is 9.78. The fraction of sp³-hybridized carbons (Fsp3) is 0.708. The second-order valence-electron chi connectivity index (χ2n) is 9.78. The average molecular weight is 403 g/mol. The molecule has 3 atom stereocenters. The van der Waals surface area contributed by atoms with Crippen LogP contribution in [0.4, 0.5) is 4.79 Å². The Balaban J connectivity index is 1.64. The van der Waals surface area contributed by atoms with E-state index in [-0.39, 0.29) is 18.2 Å². The first-order valence-electron chi connectivity index (χ1n) is 11.3. The van der Waals surface area contributed by atoms with E-state index in [1.54, 1.807) is 0 Å². The van der Waals surface area contributed by atoms with Crippen LogP contribution < -0.4 is 5.32 Å². The molecular weight excluding hydrogens is 364 g/mol. The molecular formula is C24H38N2O3. The van der Waals surface area contributed by atoms with Crippen LogP contribution in [0.3, 0.4) is 0 Å². The number of carbonyl (C=O) groups is 1. The fourth-order valence-electron chi connectivity index (χ4n) is 4.51. The maximum atomic E-state index is 12.5. The molecule has 2 fully saturated rings. The number of nitrogens with one attached hydrogen (secondary N) is 1. The smallest absolute Gasteiger partial charge is 0.407 e. The van der Waals surface area contributed by atoms with E-state index in [2.05, 4.69) is 41.6 Å². The van der Waals surface area contributed by atoms with Crippen molar-refractivity contribution in [2.75, 3.05) is 0 Å². The Morgan fingerprint density at radius 2 is 1.90 bits per heavy atom. The number of nitrogens with zero attached hydrogens (tertiary/aromatic N) is 1. The van der Waals surface area contributed by atoms with Crippen molar-refractivity contribution in [2.45, 2.75) is 103 Å². The summed E-state index contributed by atoms with van der Waals surface area (Å²) in [4.78, 5) is 18.9. The predicted octanol–water partition coefficient (Wildman–Crippen LogP) is 5.44. The summed E-state index contributed by atoms with van der Waals surface area (Å²) in [6, 6.07) is 10.7. The molecule has 29 heavy (non-hydrogen) atoms. The van der Waals surface area contributed by atoms with Crippen molar-refractivity contribution in [2.24, 2.45) is 5.92 Å². The number of benzene rings is 1. The number of rotatable bonds is 6. The van der Waals surface area contributed by atoms with Crippen LogP contribution in [0.5, 0.6) is 0 Å². The maximum Gasteiger partial charge on any atom is 0.407 e. The normalized spacial score (nSPS) is 25.0. The summed E-state index contributed by atoms with van der Waals surface area (Å²) in [5.41, 5.74) is 0.742. The number of ether oxygens (including phenoxy) is 1. The molecule has 1 saturated heterocycles. The Labute approximate surface area is 176 Å². The lowest BCUT2D eigenvalue weighted by Crippen LogP contribution is -2.46. The largest absolute Gasteiger partial charge is 0.444 e. The van der Waals surface area contributed by atoms with Crippen LogP contribution in [0.1, 0.15) is 78.2 Å². The molecule has 3 rings (SSSR count). The lowest BCUT2D eigenvalue weighted by Gasteiger charge is -2.31. The molecule has 1 aromatic carbocycles. The number of hydroxylamine groups is 2. The molecule has 1 amide bonds. The highest BCUT2D eigenvalue weighted by atomic mass is 16.7. The monoisotopic (exact) mass is 402 g/mol. The zero-order valence-electron chi connectivity index (χ0n) is 18.5. The van der Waals surface area contributed by atoms with Gasteiger partial charge in [0.05, 0.1) is 6.04 Å². The molecule has 1 aromatic rings. The zero-order chi connectivity index (χ0) is 20.9. The topological polar surface area (TPSA) is 50.8 Å². The van der Waals surface area contributed by atoms with Gasteiger partial charge in [-0.25, -0.2) is 4.79 Å². The van der Waals surface area contributed by atoms with Gasteiger partial charge in [-0.15, -0.1) is 0 Å². The van der Waals surface area contributed by atoms with Gasteiger partial charge in [0.2, 0.25) is 0 Å². The van der Waals surface area contributed by atoms with Crippen LogP contribution in [-0.4, -0.2) is 34.9 Å². The average Bonchev–Trinajstić information content (AvgIpc) is 3.02. The molecule has 5 heteroatoms. The molecule has 1 heterocycles. The van der Waals surface area contributed by atoms with E-state index in [0.717, 1.165) is 19.4 Å². The Morgan fingerprint density at radius 3 is 2.55 bits per heavy atom. The van der Waals surface area contributed by atoms with E-state index < -0.39 is 5.60 Å². The van der Waals surface area contributed by atoms with Crippen LogP contribution >= 0.6 is 0 Å².